The summed E-state index contributed by atoms with van der Waals surface area (Å²) < 4.78 is 5.25. The Morgan fingerprint density at radius 3 is 2.69 bits per heavy atom. The van der Waals surface area contributed by atoms with Gasteiger partial charge in [-0.1, -0.05) is 36.3 Å². The lowest BCUT2D eigenvalue weighted by atomic mass is 10.2. The maximum absolute atomic E-state index is 5.25. The molecule has 0 aliphatic carbocycles. The fraction of sp³-hybridized carbons (Fsp3) is 0.167. The van der Waals surface area contributed by atoms with Crippen LogP contribution in [0.3, 0.4) is 0 Å². The average molecular weight is 170 g/mol. The van der Waals surface area contributed by atoms with Gasteiger partial charge in [0.05, 0.1) is 6.61 Å². The zero-order valence-electron chi connectivity index (χ0n) is 7.29. The zero-order chi connectivity index (χ0) is 9.36. The quantitative estimate of drug-likeness (QED) is 0.497. The van der Waals surface area contributed by atoms with Gasteiger partial charge in [-0.3, -0.25) is 0 Å². The summed E-state index contributed by atoms with van der Waals surface area (Å²) in [6.07, 6.45) is 4.94. The van der Waals surface area contributed by atoms with Gasteiger partial charge in [-0.15, -0.1) is 6.42 Å². The minimum absolute atomic E-state index is 0.388. The predicted octanol–water partition coefficient (Wildman–Crippen LogP) is 1.84. The lowest BCUT2D eigenvalue weighted by Crippen LogP contribution is -1.92. The first-order valence-electron chi connectivity index (χ1n) is 3.98. The third kappa shape index (κ3) is 4.01. The third-order valence-electron chi connectivity index (χ3n) is 1.45. The second-order valence-electron chi connectivity index (χ2n) is 2.42. The summed E-state index contributed by atoms with van der Waals surface area (Å²) in [6.45, 7) is 0.971. The smallest absolute Gasteiger partial charge is 0.109 e. The number of hydrogen-bond acceptors (Lipinski definition) is 1. The lowest BCUT2D eigenvalue weighted by Gasteiger charge is -1.98. The van der Waals surface area contributed by atoms with Crippen LogP contribution in [0.2, 0.25) is 0 Å². The van der Waals surface area contributed by atoms with Crippen molar-refractivity contribution in [2.45, 2.75) is 6.61 Å². The molecule has 1 heteroatoms. The number of benzene rings is 1. The van der Waals surface area contributed by atoms with Crippen molar-refractivity contribution in [1.29, 1.82) is 0 Å². The summed E-state index contributed by atoms with van der Waals surface area (Å²) in [7, 11) is 0. The molecule has 0 radical (unpaired) electrons. The van der Waals surface area contributed by atoms with Gasteiger partial charge in [0.25, 0.3) is 0 Å². The maximum atomic E-state index is 5.25. The second-order valence-corrected chi connectivity index (χ2v) is 2.42. The van der Waals surface area contributed by atoms with E-state index in [9.17, 15) is 0 Å². The lowest BCUT2D eigenvalue weighted by molar-refractivity contribution is 0.153. The van der Waals surface area contributed by atoms with Crippen LogP contribution in [0.5, 0.6) is 0 Å². The Hall–Kier alpha value is -1.70. The molecule has 0 saturated heterocycles. The fourth-order valence-electron chi connectivity index (χ4n) is 0.881. The van der Waals surface area contributed by atoms with Gasteiger partial charge in [0.1, 0.15) is 6.61 Å². The minimum atomic E-state index is 0.388. The van der Waals surface area contributed by atoms with Crippen LogP contribution < -0.4 is 0 Å². The minimum Gasteiger partial charge on any atom is -0.364 e. The summed E-state index contributed by atoms with van der Waals surface area (Å²) in [5, 5.41) is 0. The molecule has 1 rings (SSSR count). The second kappa shape index (κ2) is 5.89. The van der Waals surface area contributed by atoms with E-state index < -0.39 is 0 Å². The molecule has 0 spiro atoms. The van der Waals surface area contributed by atoms with Crippen LogP contribution >= 0.6 is 0 Å². The molecular weight excluding hydrogens is 160 g/mol. The van der Waals surface area contributed by atoms with Crippen molar-refractivity contribution in [2.75, 3.05) is 6.61 Å². The first-order valence-corrected chi connectivity index (χ1v) is 3.98. The first kappa shape index (κ1) is 9.39. The summed E-state index contributed by atoms with van der Waals surface area (Å²) in [5.74, 6) is 7.41. The van der Waals surface area contributed by atoms with Crippen LogP contribution in [0.15, 0.2) is 30.3 Å². The van der Waals surface area contributed by atoms with Crippen molar-refractivity contribution < 1.29 is 4.74 Å². The van der Waals surface area contributed by atoms with E-state index in [4.69, 9.17) is 11.2 Å². The van der Waals surface area contributed by atoms with Gasteiger partial charge in [0, 0.05) is 0 Å². The van der Waals surface area contributed by atoms with Gasteiger partial charge < -0.3 is 4.74 Å². The molecule has 1 aromatic carbocycles. The molecule has 0 N–H and O–H groups in total. The van der Waals surface area contributed by atoms with Crippen LogP contribution in [-0.2, 0) is 11.3 Å². The Kier molecular flexibility index (Phi) is 4.25. The largest absolute Gasteiger partial charge is 0.364 e. The van der Waals surface area contributed by atoms with E-state index in [0.29, 0.717) is 13.2 Å². The zero-order valence-corrected chi connectivity index (χ0v) is 7.29. The Bertz CT molecular complexity index is 335. The van der Waals surface area contributed by atoms with Crippen LogP contribution in [0.25, 0.3) is 0 Å². The van der Waals surface area contributed by atoms with Crippen LogP contribution in [0, 0.1) is 24.2 Å². The van der Waals surface area contributed by atoms with Crippen LogP contribution in [-0.4, -0.2) is 6.61 Å². The topological polar surface area (TPSA) is 9.23 Å². The maximum Gasteiger partial charge on any atom is 0.109 e. The predicted molar refractivity (Wildman–Crippen MR) is 52.7 cm³/mol. The SMILES string of the molecule is C#CC#CCOCc1ccccc1. The monoisotopic (exact) mass is 170 g/mol. The summed E-state index contributed by atoms with van der Waals surface area (Å²) in [5.41, 5.74) is 1.14. The highest BCUT2D eigenvalue weighted by atomic mass is 16.5. The molecule has 0 aromatic heterocycles. The Labute approximate surface area is 78.7 Å². The van der Waals surface area contributed by atoms with Gasteiger partial charge in [0.2, 0.25) is 0 Å². The normalized spacial score (nSPS) is 8.23. The molecule has 0 saturated carbocycles. The molecule has 0 aliphatic rings. The molecule has 0 aliphatic heterocycles. The Morgan fingerprint density at radius 1 is 1.23 bits per heavy atom. The highest BCUT2D eigenvalue weighted by molar-refractivity contribution is 5.21. The Morgan fingerprint density at radius 2 is 2.00 bits per heavy atom. The van der Waals surface area contributed by atoms with Crippen molar-refractivity contribution in [3.8, 4) is 24.2 Å². The van der Waals surface area contributed by atoms with E-state index in [-0.39, 0.29) is 0 Å². The fourth-order valence-corrected chi connectivity index (χ4v) is 0.881. The van der Waals surface area contributed by atoms with E-state index in [2.05, 4.69) is 17.8 Å². The van der Waals surface area contributed by atoms with Gasteiger partial charge in [-0.05, 0) is 17.4 Å². The van der Waals surface area contributed by atoms with Crippen molar-refractivity contribution >= 4 is 0 Å². The summed E-state index contributed by atoms with van der Waals surface area (Å²) >= 11 is 0. The van der Waals surface area contributed by atoms with Crippen molar-refractivity contribution in [2.24, 2.45) is 0 Å². The number of ether oxygens (including phenoxy) is 1. The molecule has 0 fully saturated rings. The van der Waals surface area contributed by atoms with Gasteiger partial charge in [0.15, 0.2) is 0 Å². The van der Waals surface area contributed by atoms with Crippen molar-refractivity contribution in [3.05, 3.63) is 35.9 Å². The molecule has 1 nitrogen and oxygen atoms in total. The molecule has 64 valence electrons. The standard InChI is InChI=1S/C12H10O/c1-2-3-7-10-13-11-12-8-5-4-6-9-12/h1,4-6,8-9H,10-11H2. The average Bonchev–Trinajstić information content (AvgIpc) is 2.19. The first-order chi connectivity index (χ1) is 6.43. The molecule has 0 heterocycles. The Balaban J connectivity index is 2.25. The molecule has 1 aromatic rings. The highest BCUT2D eigenvalue weighted by Crippen LogP contribution is 1.99. The molecule has 13 heavy (non-hydrogen) atoms. The van der Waals surface area contributed by atoms with Crippen molar-refractivity contribution in [3.63, 3.8) is 0 Å². The number of hydrogen-bond donors (Lipinski definition) is 0. The number of terminal acetylenes is 1. The van der Waals surface area contributed by atoms with Gasteiger partial charge in [-0.25, -0.2) is 0 Å². The van der Waals surface area contributed by atoms with E-state index in [0.717, 1.165) is 5.56 Å². The molecule has 0 amide bonds. The molecule has 0 bridgehead atoms. The van der Waals surface area contributed by atoms with Crippen LogP contribution in [0.1, 0.15) is 5.56 Å². The van der Waals surface area contributed by atoms with E-state index in [1.54, 1.807) is 0 Å². The van der Waals surface area contributed by atoms with E-state index >= 15 is 0 Å². The van der Waals surface area contributed by atoms with Gasteiger partial charge >= 0.3 is 0 Å². The molecular formula is C12H10O. The van der Waals surface area contributed by atoms with E-state index in [1.807, 2.05) is 30.3 Å². The third-order valence-corrected chi connectivity index (χ3v) is 1.45. The molecule has 0 unspecified atom stereocenters. The van der Waals surface area contributed by atoms with Crippen LogP contribution in [0.4, 0.5) is 0 Å². The molecule has 0 atom stereocenters. The van der Waals surface area contributed by atoms with Gasteiger partial charge in [-0.2, -0.15) is 0 Å². The number of rotatable bonds is 3. The van der Waals surface area contributed by atoms with Crippen molar-refractivity contribution in [1.82, 2.24) is 0 Å². The highest BCUT2D eigenvalue weighted by Gasteiger charge is 1.88. The summed E-state index contributed by atoms with van der Waals surface area (Å²) in [6, 6.07) is 9.95. The van der Waals surface area contributed by atoms with E-state index in [1.165, 1.54) is 0 Å². The summed E-state index contributed by atoms with van der Waals surface area (Å²) in [4.78, 5) is 0.